The monoisotopic (exact) mass is 471 g/mol. The minimum Gasteiger partial charge on any atom is -0.506 e. The third-order valence-electron chi connectivity index (χ3n) is 5.37. The van der Waals surface area contributed by atoms with E-state index < -0.39 is 0 Å². The molecule has 3 aromatic heterocycles. The van der Waals surface area contributed by atoms with Gasteiger partial charge in [0.25, 0.3) is 11.8 Å². The highest BCUT2D eigenvalue weighted by Gasteiger charge is 2.23. The van der Waals surface area contributed by atoms with Crippen molar-refractivity contribution in [2.45, 2.75) is 13.3 Å². The van der Waals surface area contributed by atoms with Crippen molar-refractivity contribution in [2.24, 2.45) is 0 Å². The van der Waals surface area contributed by atoms with E-state index in [4.69, 9.17) is 0 Å². The molecule has 1 aliphatic rings. The van der Waals surface area contributed by atoms with Crippen LogP contribution in [-0.2, 0) is 0 Å². The molecular weight excluding hydrogens is 446 g/mol. The number of nitrogens with one attached hydrogen (secondary N) is 1. The molecular formula is C25H25N7O3. The van der Waals surface area contributed by atoms with Gasteiger partial charge in [-0.1, -0.05) is 18.8 Å². The molecule has 35 heavy (non-hydrogen) atoms. The molecule has 1 saturated heterocycles. The number of carbonyl (C=O) groups excluding carboxylic acids is 2. The first-order chi connectivity index (χ1) is 17.0. The van der Waals surface area contributed by atoms with Crippen molar-refractivity contribution in [1.82, 2.24) is 30.4 Å². The molecule has 1 fully saturated rings. The lowest BCUT2D eigenvalue weighted by Crippen LogP contribution is -2.49. The number of pyridine rings is 2. The Morgan fingerprint density at radius 3 is 2.34 bits per heavy atom. The van der Waals surface area contributed by atoms with Crippen molar-refractivity contribution in [1.29, 1.82) is 0 Å². The van der Waals surface area contributed by atoms with Crippen LogP contribution in [0.5, 0.6) is 5.75 Å². The predicted octanol–water partition coefficient (Wildman–Crippen LogP) is 1.47. The standard InChI is InChI=1S/C25H25N7O3/c1-2-7-28-24(34)22-5-6-23(30-29-22)31-8-10-32(11-9-31)25(35)20-12-18(14-26-16-20)3-4-19-13-21(33)17-27-15-19/h5-6,12-17,33H,2,7-11H2,1H3,(H,28,34). The molecule has 10 nitrogen and oxygen atoms in total. The second-order valence-corrected chi connectivity index (χ2v) is 7.96. The summed E-state index contributed by atoms with van der Waals surface area (Å²) in [4.78, 5) is 36.9. The van der Waals surface area contributed by atoms with Gasteiger partial charge in [-0.15, -0.1) is 10.2 Å². The maximum absolute atomic E-state index is 13.0. The van der Waals surface area contributed by atoms with Crippen molar-refractivity contribution < 1.29 is 14.7 Å². The molecule has 0 bridgehead atoms. The zero-order valence-electron chi connectivity index (χ0n) is 19.3. The molecule has 4 heterocycles. The van der Waals surface area contributed by atoms with Gasteiger partial charge in [0, 0.05) is 62.4 Å². The van der Waals surface area contributed by atoms with Gasteiger partial charge in [-0.25, -0.2) is 0 Å². The summed E-state index contributed by atoms with van der Waals surface area (Å²) < 4.78 is 0. The summed E-state index contributed by atoms with van der Waals surface area (Å²) >= 11 is 0. The van der Waals surface area contributed by atoms with E-state index in [0.29, 0.717) is 55.2 Å². The van der Waals surface area contributed by atoms with Crippen molar-refractivity contribution in [3.8, 4) is 17.6 Å². The lowest BCUT2D eigenvalue weighted by Gasteiger charge is -2.35. The van der Waals surface area contributed by atoms with Crippen LogP contribution in [0.25, 0.3) is 0 Å². The van der Waals surface area contributed by atoms with E-state index in [1.54, 1.807) is 35.5 Å². The van der Waals surface area contributed by atoms with Crippen molar-refractivity contribution in [3.05, 3.63) is 71.4 Å². The summed E-state index contributed by atoms with van der Waals surface area (Å²) in [5.74, 6) is 6.22. The minimum absolute atomic E-state index is 0.0393. The van der Waals surface area contributed by atoms with Crippen molar-refractivity contribution in [2.75, 3.05) is 37.6 Å². The summed E-state index contributed by atoms with van der Waals surface area (Å²) in [7, 11) is 0. The molecule has 0 aliphatic carbocycles. The third kappa shape index (κ3) is 6.09. The summed E-state index contributed by atoms with van der Waals surface area (Å²) in [5, 5.41) is 20.5. The molecule has 0 saturated carbocycles. The minimum atomic E-state index is -0.236. The average molecular weight is 472 g/mol. The van der Waals surface area contributed by atoms with Gasteiger partial charge < -0.3 is 20.2 Å². The zero-order chi connectivity index (χ0) is 24.6. The Kier molecular flexibility index (Phi) is 7.47. The van der Waals surface area contributed by atoms with Crippen LogP contribution in [0.15, 0.2) is 49.1 Å². The Balaban J connectivity index is 1.35. The van der Waals surface area contributed by atoms with Crippen molar-refractivity contribution in [3.63, 3.8) is 0 Å². The van der Waals surface area contributed by atoms with E-state index in [0.717, 1.165) is 6.42 Å². The molecule has 10 heteroatoms. The number of anilines is 1. The molecule has 4 rings (SSSR count). The normalized spacial score (nSPS) is 13.1. The average Bonchev–Trinajstić information content (AvgIpc) is 2.90. The van der Waals surface area contributed by atoms with Crippen LogP contribution in [-0.4, -0.2) is 74.7 Å². The van der Waals surface area contributed by atoms with Gasteiger partial charge in [-0.3, -0.25) is 19.6 Å². The number of nitrogens with zero attached hydrogens (tertiary/aromatic N) is 6. The number of aromatic nitrogens is 4. The van der Waals surface area contributed by atoms with Crippen LogP contribution in [0.3, 0.4) is 0 Å². The van der Waals surface area contributed by atoms with Crippen LogP contribution in [0, 0.1) is 11.8 Å². The van der Waals surface area contributed by atoms with Gasteiger partial charge >= 0.3 is 0 Å². The maximum Gasteiger partial charge on any atom is 0.271 e. The summed E-state index contributed by atoms with van der Waals surface area (Å²) in [5.41, 5.74) is 1.90. The molecule has 0 unspecified atom stereocenters. The number of hydrogen-bond acceptors (Lipinski definition) is 8. The molecule has 0 aromatic carbocycles. The highest BCUT2D eigenvalue weighted by atomic mass is 16.3. The van der Waals surface area contributed by atoms with Crippen LogP contribution in [0.1, 0.15) is 45.3 Å². The van der Waals surface area contributed by atoms with Gasteiger partial charge in [0.1, 0.15) is 5.75 Å². The lowest BCUT2D eigenvalue weighted by molar-refractivity contribution is 0.0745. The van der Waals surface area contributed by atoms with Gasteiger partial charge in [0.2, 0.25) is 0 Å². The van der Waals surface area contributed by atoms with Crippen LogP contribution >= 0.6 is 0 Å². The summed E-state index contributed by atoms with van der Waals surface area (Å²) in [6.07, 6.45) is 6.85. The van der Waals surface area contributed by atoms with E-state index in [1.165, 1.54) is 18.5 Å². The molecule has 2 N–H and O–H groups in total. The first-order valence-electron chi connectivity index (χ1n) is 11.3. The van der Waals surface area contributed by atoms with Crippen molar-refractivity contribution >= 4 is 17.6 Å². The van der Waals surface area contributed by atoms with Gasteiger partial charge in [0.05, 0.1) is 11.8 Å². The Morgan fingerprint density at radius 1 is 0.971 bits per heavy atom. The second-order valence-electron chi connectivity index (χ2n) is 7.96. The smallest absolute Gasteiger partial charge is 0.271 e. The number of carbonyl (C=O) groups is 2. The SMILES string of the molecule is CCCNC(=O)c1ccc(N2CCN(C(=O)c3cncc(C#Cc4cncc(O)c4)c3)CC2)nn1. The number of aromatic hydroxyl groups is 1. The Hall–Kier alpha value is -4.52. The molecule has 2 amide bonds. The first kappa shape index (κ1) is 23.6. The molecule has 0 radical (unpaired) electrons. The highest BCUT2D eigenvalue weighted by molar-refractivity contribution is 5.94. The molecule has 178 valence electrons. The highest BCUT2D eigenvalue weighted by Crippen LogP contribution is 2.15. The summed E-state index contributed by atoms with van der Waals surface area (Å²) in [6, 6.07) is 6.66. The Labute approximate surface area is 203 Å². The summed E-state index contributed by atoms with van der Waals surface area (Å²) in [6.45, 7) is 4.81. The van der Waals surface area contributed by atoms with Gasteiger partial charge in [-0.05, 0) is 30.7 Å². The molecule has 3 aromatic rings. The predicted molar refractivity (Wildman–Crippen MR) is 129 cm³/mol. The van der Waals surface area contributed by atoms with Crippen LogP contribution in [0.4, 0.5) is 5.82 Å². The van der Waals surface area contributed by atoms with Gasteiger partial charge in [-0.2, -0.15) is 0 Å². The van der Waals surface area contributed by atoms with E-state index >= 15 is 0 Å². The first-order valence-corrected chi connectivity index (χ1v) is 11.3. The number of amides is 2. The third-order valence-corrected chi connectivity index (χ3v) is 5.37. The fraction of sp³-hybridized carbons (Fsp3) is 0.280. The largest absolute Gasteiger partial charge is 0.506 e. The van der Waals surface area contributed by atoms with E-state index in [9.17, 15) is 14.7 Å². The molecule has 0 atom stereocenters. The van der Waals surface area contributed by atoms with Crippen LogP contribution in [0.2, 0.25) is 0 Å². The maximum atomic E-state index is 13.0. The van der Waals surface area contributed by atoms with E-state index in [-0.39, 0.29) is 23.3 Å². The number of piperazine rings is 1. The topological polar surface area (TPSA) is 124 Å². The Morgan fingerprint density at radius 2 is 1.69 bits per heavy atom. The fourth-order valence-electron chi connectivity index (χ4n) is 3.53. The molecule has 0 spiro atoms. The molecule has 1 aliphatic heterocycles. The van der Waals surface area contributed by atoms with E-state index in [2.05, 4.69) is 37.3 Å². The second kappa shape index (κ2) is 11.1. The quantitative estimate of drug-likeness (QED) is 0.536. The zero-order valence-corrected chi connectivity index (χ0v) is 19.3. The number of hydrogen-bond donors (Lipinski definition) is 2. The number of rotatable bonds is 5. The van der Waals surface area contributed by atoms with E-state index in [1.807, 2.05) is 11.8 Å². The van der Waals surface area contributed by atoms with Crippen LogP contribution < -0.4 is 10.2 Å². The van der Waals surface area contributed by atoms with Gasteiger partial charge in [0.15, 0.2) is 11.5 Å². The fourth-order valence-corrected chi connectivity index (χ4v) is 3.53. The lowest BCUT2D eigenvalue weighted by atomic mass is 10.1. The Bertz CT molecular complexity index is 1260.